The zero-order chi connectivity index (χ0) is 27.9. The summed E-state index contributed by atoms with van der Waals surface area (Å²) in [6, 6.07) is 21.0. The molecule has 0 spiro atoms. The number of fused-ring (bicyclic) bond motifs is 1. The molecule has 4 aromatic rings. The number of anilines is 2. The van der Waals surface area contributed by atoms with Crippen molar-refractivity contribution >= 4 is 40.1 Å². The van der Waals surface area contributed by atoms with Crippen LogP contribution in [0.25, 0.3) is 11.0 Å². The Morgan fingerprint density at radius 2 is 1.64 bits per heavy atom. The molecular weight excluding hydrogens is 492 g/mol. The van der Waals surface area contributed by atoms with Gasteiger partial charge in [0.1, 0.15) is 18.1 Å². The van der Waals surface area contributed by atoms with Gasteiger partial charge in [0.2, 0.25) is 17.7 Å². The molecule has 0 aliphatic carbocycles. The van der Waals surface area contributed by atoms with E-state index in [9.17, 15) is 14.4 Å². The predicted molar refractivity (Wildman–Crippen MR) is 152 cm³/mol. The van der Waals surface area contributed by atoms with E-state index in [1.807, 2.05) is 55.5 Å². The Balaban J connectivity index is 1.78. The third kappa shape index (κ3) is 6.67. The molecule has 3 aromatic carbocycles. The van der Waals surface area contributed by atoms with Gasteiger partial charge in [-0.3, -0.25) is 19.3 Å². The summed E-state index contributed by atoms with van der Waals surface area (Å²) in [5.74, 6) is -0.379. The lowest BCUT2D eigenvalue weighted by Gasteiger charge is -2.32. The van der Waals surface area contributed by atoms with Crippen molar-refractivity contribution in [3.8, 4) is 0 Å². The van der Waals surface area contributed by atoms with Gasteiger partial charge in [-0.15, -0.1) is 5.10 Å². The second kappa shape index (κ2) is 12.3. The molecule has 0 radical (unpaired) electrons. The highest BCUT2D eigenvalue weighted by Crippen LogP contribution is 2.31. The average Bonchev–Trinajstić information content (AvgIpc) is 3.30. The van der Waals surface area contributed by atoms with Crippen molar-refractivity contribution in [3.63, 3.8) is 0 Å². The van der Waals surface area contributed by atoms with Gasteiger partial charge in [0, 0.05) is 24.8 Å². The molecule has 0 saturated heterocycles. The van der Waals surface area contributed by atoms with E-state index in [1.54, 1.807) is 28.9 Å². The van der Waals surface area contributed by atoms with Gasteiger partial charge in [-0.05, 0) is 66.8 Å². The Morgan fingerprint density at radius 3 is 2.33 bits per heavy atom. The van der Waals surface area contributed by atoms with Crippen LogP contribution in [0.15, 0.2) is 72.8 Å². The summed E-state index contributed by atoms with van der Waals surface area (Å²) in [5, 5.41) is 14.2. The van der Waals surface area contributed by atoms with Gasteiger partial charge in [0.25, 0.3) is 0 Å². The summed E-state index contributed by atoms with van der Waals surface area (Å²) >= 11 is 0. The molecule has 0 bridgehead atoms. The molecule has 0 aliphatic heterocycles. The van der Waals surface area contributed by atoms with Crippen molar-refractivity contribution in [1.82, 2.24) is 20.3 Å². The van der Waals surface area contributed by atoms with Crippen LogP contribution in [0, 0.1) is 12.8 Å². The maximum atomic E-state index is 14.1. The smallest absolute Gasteiger partial charge is 0.249 e. The Morgan fingerprint density at radius 1 is 0.949 bits per heavy atom. The fourth-order valence-corrected chi connectivity index (χ4v) is 4.46. The molecule has 4 rings (SSSR count). The molecule has 2 N–H and O–H groups in total. The first-order valence-corrected chi connectivity index (χ1v) is 13.1. The summed E-state index contributed by atoms with van der Waals surface area (Å²) in [6.07, 6.45) is 0.816. The third-order valence-electron chi connectivity index (χ3n) is 6.45. The summed E-state index contributed by atoms with van der Waals surface area (Å²) in [4.78, 5) is 41.0. The maximum Gasteiger partial charge on any atom is 0.249 e. The lowest BCUT2D eigenvalue weighted by molar-refractivity contribution is -0.127. The number of aryl methyl sites for hydroxylation is 1. The van der Waals surface area contributed by atoms with Crippen LogP contribution in [0.5, 0.6) is 0 Å². The van der Waals surface area contributed by atoms with Gasteiger partial charge in [-0.1, -0.05) is 55.5 Å². The summed E-state index contributed by atoms with van der Waals surface area (Å²) in [7, 11) is 0. The third-order valence-corrected chi connectivity index (χ3v) is 6.45. The minimum atomic E-state index is -0.924. The molecule has 0 saturated carbocycles. The van der Waals surface area contributed by atoms with E-state index in [2.05, 4.69) is 34.8 Å². The van der Waals surface area contributed by atoms with Crippen molar-refractivity contribution in [2.75, 3.05) is 16.8 Å². The summed E-state index contributed by atoms with van der Waals surface area (Å²) in [5.41, 5.74) is 4.13. The molecule has 0 unspecified atom stereocenters. The number of rotatable bonds is 10. The molecule has 202 valence electrons. The second-order valence-corrected chi connectivity index (χ2v) is 9.96. The molecule has 1 aromatic heterocycles. The van der Waals surface area contributed by atoms with Crippen LogP contribution in [0.4, 0.5) is 11.4 Å². The summed E-state index contributed by atoms with van der Waals surface area (Å²) in [6.45, 7) is 7.94. The highest BCUT2D eigenvalue weighted by atomic mass is 16.2. The van der Waals surface area contributed by atoms with Crippen molar-refractivity contribution in [2.24, 2.45) is 5.92 Å². The number of carbonyl (C=O) groups is 3. The van der Waals surface area contributed by atoms with Crippen LogP contribution in [0.1, 0.15) is 44.4 Å². The van der Waals surface area contributed by atoms with E-state index in [1.165, 1.54) is 11.8 Å². The molecule has 39 heavy (non-hydrogen) atoms. The van der Waals surface area contributed by atoms with Gasteiger partial charge in [0.05, 0.1) is 5.52 Å². The molecule has 9 heteroatoms. The van der Waals surface area contributed by atoms with Crippen LogP contribution >= 0.6 is 0 Å². The Kier molecular flexibility index (Phi) is 8.70. The van der Waals surface area contributed by atoms with Crippen LogP contribution in [0.3, 0.4) is 0 Å². The number of aromatic nitrogens is 3. The van der Waals surface area contributed by atoms with E-state index in [0.29, 0.717) is 29.4 Å². The zero-order valence-electron chi connectivity index (χ0n) is 22.7. The van der Waals surface area contributed by atoms with E-state index < -0.39 is 6.04 Å². The standard InChI is InChI=1S/C30H34N6O3/c1-20(2)17-18-31-30(39)29(25-10-6-5-9-21(25)3)36(24-15-13-23(14-16-24)32-22(4)37)28(38)19-35-27-12-8-7-11-26(27)33-34-35/h5-16,20,29H,17-19H2,1-4H3,(H,31,39)(H,32,37)/t29-/m1/s1. The first-order valence-electron chi connectivity index (χ1n) is 13.1. The zero-order valence-corrected chi connectivity index (χ0v) is 22.7. The second-order valence-electron chi connectivity index (χ2n) is 9.96. The van der Waals surface area contributed by atoms with Crippen LogP contribution in [-0.2, 0) is 20.9 Å². The van der Waals surface area contributed by atoms with Crippen LogP contribution in [0.2, 0.25) is 0 Å². The minimum absolute atomic E-state index is 0.115. The highest BCUT2D eigenvalue weighted by Gasteiger charge is 2.34. The SMILES string of the molecule is CC(=O)Nc1ccc(N(C(=O)Cn2nnc3ccccc32)[C@@H](C(=O)NCCC(C)C)c2ccccc2C)cc1. The molecule has 1 atom stereocenters. The van der Waals surface area contributed by atoms with Crippen LogP contribution < -0.4 is 15.5 Å². The fraction of sp³-hybridized carbons (Fsp3) is 0.300. The van der Waals surface area contributed by atoms with Crippen molar-refractivity contribution in [2.45, 2.75) is 46.7 Å². The van der Waals surface area contributed by atoms with Crippen molar-refractivity contribution in [1.29, 1.82) is 0 Å². The number of benzene rings is 3. The number of amides is 3. The lowest BCUT2D eigenvalue weighted by atomic mass is 9.98. The van der Waals surface area contributed by atoms with Gasteiger partial charge in [-0.25, -0.2) is 4.68 Å². The van der Waals surface area contributed by atoms with E-state index in [-0.39, 0.29) is 24.3 Å². The average molecular weight is 527 g/mol. The first-order chi connectivity index (χ1) is 18.7. The lowest BCUT2D eigenvalue weighted by Crippen LogP contribution is -2.46. The molecule has 0 fully saturated rings. The molecular formula is C30H34N6O3. The van der Waals surface area contributed by atoms with E-state index in [0.717, 1.165) is 23.1 Å². The highest BCUT2D eigenvalue weighted by molar-refractivity contribution is 6.02. The van der Waals surface area contributed by atoms with Gasteiger partial charge >= 0.3 is 0 Å². The number of nitrogens with one attached hydrogen (secondary N) is 2. The first kappa shape index (κ1) is 27.5. The number of hydrogen-bond acceptors (Lipinski definition) is 5. The molecule has 9 nitrogen and oxygen atoms in total. The van der Waals surface area contributed by atoms with E-state index in [4.69, 9.17) is 0 Å². The summed E-state index contributed by atoms with van der Waals surface area (Å²) < 4.78 is 1.54. The predicted octanol–water partition coefficient (Wildman–Crippen LogP) is 4.63. The minimum Gasteiger partial charge on any atom is -0.354 e. The monoisotopic (exact) mass is 526 g/mol. The fourth-order valence-electron chi connectivity index (χ4n) is 4.46. The quantitative estimate of drug-likeness (QED) is 0.313. The van der Waals surface area contributed by atoms with Crippen molar-refractivity contribution < 1.29 is 14.4 Å². The van der Waals surface area contributed by atoms with Crippen LogP contribution in [-0.4, -0.2) is 39.3 Å². The Bertz CT molecular complexity index is 1460. The van der Waals surface area contributed by atoms with Gasteiger partial charge < -0.3 is 10.6 Å². The Labute approximate surface area is 228 Å². The maximum absolute atomic E-state index is 14.1. The molecule has 3 amide bonds. The van der Waals surface area contributed by atoms with Gasteiger partial charge in [0.15, 0.2) is 0 Å². The largest absolute Gasteiger partial charge is 0.354 e. The number of hydrogen-bond donors (Lipinski definition) is 2. The molecule has 0 aliphatic rings. The number of nitrogens with zero attached hydrogens (tertiary/aromatic N) is 4. The van der Waals surface area contributed by atoms with Crippen molar-refractivity contribution in [3.05, 3.63) is 83.9 Å². The Hall–Kier alpha value is -4.53. The number of carbonyl (C=O) groups excluding carboxylic acids is 3. The number of para-hydroxylation sites is 1. The van der Waals surface area contributed by atoms with Gasteiger partial charge in [-0.2, -0.15) is 0 Å². The topological polar surface area (TPSA) is 109 Å². The molecule has 1 heterocycles. The normalized spacial score (nSPS) is 11.8. The van der Waals surface area contributed by atoms with E-state index >= 15 is 0 Å².